The van der Waals surface area contributed by atoms with Crippen LogP contribution in [0, 0.1) is 0 Å². The average molecular weight is 343 g/mol. The molecule has 1 aromatic carbocycles. The fourth-order valence-corrected chi connectivity index (χ4v) is 1.89. The summed E-state index contributed by atoms with van der Waals surface area (Å²) < 4.78 is 9.37. The number of ether oxygens (including phenoxy) is 2. The van der Waals surface area contributed by atoms with E-state index in [9.17, 15) is 14.4 Å². The van der Waals surface area contributed by atoms with Crippen molar-refractivity contribution in [2.75, 3.05) is 28.3 Å². The molecule has 0 aromatic heterocycles. The molecule has 0 saturated carbocycles. The van der Waals surface area contributed by atoms with Gasteiger partial charge in [0.1, 0.15) is 0 Å². The molecule has 25 heavy (non-hydrogen) atoms. The Balaban J connectivity index is 3.21. The summed E-state index contributed by atoms with van der Waals surface area (Å²) in [7, 11) is 5.72. The Bertz CT molecular complexity index is 715. The van der Waals surface area contributed by atoms with Gasteiger partial charge in [-0.1, -0.05) is 36.4 Å². The standard InChI is InChI=1S/C19H21NO5/c1-20(2)13-17(19(23)25-4)16(18(22)24-3)12-15(21)11-10-14-8-6-5-7-9-14/h5-13H,1-4H3/b11-10+,16-12+,17-13+. The Labute approximate surface area is 147 Å². The van der Waals surface area contributed by atoms with Gasteiger partial charge in [0.05, 0.1) is 25.4 Å². The fraction of sp³-hybridized carbons (Fsp3) is 0.211. The van der Waals surface area contributed by atoms with Gasteiger partial charge >= 0.3 is 11.9 Å². The highest BCUT2D eigenvalue weighted by atomic mass is 16.5. The van der Waals surface area contributed by atoms with Crippen LogP contribution in [0.25, 0.3) is 6.08 Å². The minimum atomic E-state index is -0.806. The number of methoxy groups -OCH3 is 2. The smallest absolute Gasteiger partial charge is 0.340 e. The summed E-state index contributed by atoms with van der Waals surface area (Å²) in [4.78, 5) is 37.8. The second-order valence-electron chi connectivity index (χ2n) is 5.19. The van der Waals surface area contributed by atoms with E-state index in [4.69, 9.17) is 0 Å². The van der Waals surface area contributed by atoms with Gasteiger partial charge in [-0.15, -0.1) is 0 Å². The van der Waals surface area contributed by atoms with E-state index in [1.54, 1.807) is 25.1 Å². The average Bonchev–Trinajstić information content (AvgIpc) is 2.62. The fourth-order valence-electron chi connectivity index (χ4n) is 1.89. The molecule has 6 heteroatoms. The minimum Gasteiger partial charge on any atom is -0.465 e. The third-order valence-electron chi connectivity index (χ3n) is 3.01. The van der Waals surface area contributed by atoms with Crippen LogP contribution in [0.5, 0.6) is 0 Å². The summed E-state index contributed by atoms with van der Waals surface area (Å²) in [6.45, 7) is 0. The van der Waals surface area contributed by atoms with E-state index >= 15 is 0 Å². The SMILES string of the molecule is COC(=O)C(=C/C(=O)/C=C/c1ccccc1)/C(=C\N(C)C)C(=O)OC. The summed E-state index contributed by atoms with van der Waals surface area (Å²) in [6, 6.07) is 9.22. The minimum absolute atomic E-state index is 0.0687. The van der Waals surface area contributed by atoms with Crippen LogP contribution in [0.1, 0.15) is 5.56 Å². The molecule has 0 saturated heterocycles. The molecule has 1 rings (SSSR count). The maximum Gasteiger partial charge on any atom is 0.340 e. The van der Waals surface area contributed by atoms with Crippen molar-refractivity contribution < 1.29 is 23.9 Å². The number of benzene rings is 1. The third kappa shape index (κ3) is 6.47. The predicted octanol–water partition coefficient (Wildman–Crippen LogP) is 1.99. The largest absolute Gasteiger partial charge is 0.465 e. The lowest BCUT2D eigenvalue weighted by Gasteiger charge is -2.12. The molecule has 0 heterocycles. The summed E-state index contributed by atoms with van der Waals surface area (Å²) >= 11 is 0. The molecule has 0 bridgehead atoms. The summed E-state index contributed by atoms with van der Waals surface area (Å²) in [6.07, 6.45) is 5.37. The predicted molar refractivity (Wildman–Crippen MR) is 94.4 cm³/mol. The molecule has 0 spiro atoms. The maximum absolute atomic E-state index is 12.2. The molecule has 0 N–H and O–H groups in total. The van der Waals surface area contributed by atoms with Crippen LogP contribution in [-0.2, 0) is 23.9 Å². The first kappa shape index (κ1) is 19.9. The molecular weight excluding hydrogens is 322 g/mol. The number of allylic oxidation sites excluding steroid dienone is 2. The van der Waals surface area contributed by atoms with Crippen molar-refractivity contribution in [1.29, 1.82) is 0 Å². The molecular formula is C19H21NO5. The molecule has 0 atom stereocenters. The van der Waals surface area contributed by atoms with Gasteiger partial charge in [-0.2, -0.15) is 0 Å². The van der Waals surface area contributed by atoms with Crippen molar-refractivity contribution >= 4 is 23.8 Å². The van der Waals surface area contributed by atoms with Crippen molar-refractivity contribution in [3.63, 3.8) is 0 Å². The molecule has 0 radical (unpaired) electrons. The van der Waals surface area contributed by atoms with Gasteiger partial charge in [0.2, 0.25) is 0 Å². The number of carbonyl (C=O) groups is 3. The molecule has 132 valence electrons. The summed E-state index contributed by atoms with van der Waals surface area (Å²) in [5.41, 5.74) is 0.590. The number of hydrogen-bond donors (Lipinski definition) is 0. The number of nitrogens with zero attached hydrogens (tertiary/aromatic N) is 1. The van der Waals surface area contributed by atoms with Crippen molar-refractivity contribution in [2.24, 2.45) is 0 Å². The van der Waals surface area contributed by atoms with Crippen LogP contribution in [0.15, 0.2) is 59.8 Å². The zero-order valence-corrected chi connectivity index (χ0v) is 14.7. The van der Waals surface area contributed by atoms with Gasteiger partial charge in [-0.3, -0.25) is 4.79 Å². The van der Waals surface area contributed by atoms with E-state index in [1.165, 1.54) is 26.5 Å². The molecule has 6 nitrogen and oxygen atoms in total. The lowest BCUT2D eigenvalue weighted by molar-refractivity contribution is -0.139. The van der Waals surface area contributed by atoms with Gasteiger partial charge in [0, 0.05) is 26.4 Å². The second-order valence-corrected chi connectivity index (χ2v) is 5.19. The van der Waals surface area contributed by atoms with Crippen LogP contribution in [0.4, 0.5) is 0 Å². The number of ketones is 1. The van der Waals surface area contributed by atoms with Crippen LogP contribution in [0.2, 0.25) is 0 Å². The van der Waals surface area contributed by atoms with E-state index in [2.05, 4.69) is 9.47 Å². The Morgan fingerprint density at radius 1 is 0.920 bits per heavy atom. The van der Waals surface area contributed by atoms with Crippen LogP contribution >= 0.6 is 0 Å². The van der Waals surface area contributed by atoms with Crippen LogP contribution in [-0.4, -0.2) is 50.9 Å². The van der Waals surface area contributed by atoms with Crippen molar-refractivity contribution in [3.05, 3.63) is 65.4 Å². The highest BCUT2D eigenvalue weighted by molar-refractivity contribution is 6.13. The third-order valence-corrected chi connectivity index (χ3v) is 3.01. The first-order valence-corrected chi connectivity index (χ1v) is 7.43. The zero-order valence-electron chi connectivity index (χ0n) is 14.7. The van der Waals surface area contributed by atoms with Crippen molar-refractivity contribution in [3.8, 4) is 0 Å². The van der Waals surface area contributed by atoms with E-state index < -0.39 is 17.7 Å². The highest BCUT2D eigenvalue weighted by Crippen LogP contribution is 2.15. The van der Waals surface area contributed by atoms with Crippen molar-refractivity contribution in [1.82, 2.24) is 4.90 Å². The Hall–Kier alpha value is -3.15. The Kier molecular flexibility index (Phi) is 7.86. The summed E-state index contributed by atoms with van der Waals surface area (Å²) in [5.74, 6) is -2.01. The number of esters is 2. The molecule has 0 aliphatic rings. The lowest BCUT2D eigenvalue weighted by atomic mass is 10.0. The molecule has 0 aliphatic carbocycles. The number of hydrogen-bond acceptors (Lipinski definition) is 6. The van der Waals surface area contributed by atoms with Crippen LogP contribution < -0.4 is 0 Å². The molecule has 1 aromatic rings. The van der Waals surface area contributed by atoms with Gasteiger partial charge in [-0.25, -0.2) is 9.59 Å². The van der Waals surface area contributed by atoms with Gasteiger partial charge in [0.25, 0.3) is 0 Å². The van der Waals surface area contributed by atoms with E-state index in [0.717, 1.165) is 11.6 Å². The van der Waals surface area contributed by atoms with Gasteiger partial charge < -0.3 is 14.4 Å². The quantitative estimate of drug-likeness (QED) is 0.428. The van der Waals surface area contributed by atoms with E-state index in [-0.39, 0.29) is 11.1 Å². The second kappa shape index (κ2) is 9.87. The Morgan fingerprint density at radius 2 is 1.48 bits per heavy atom. The topological polar surface area (TPSA) is 72.9 Å². The van der Waals surface area contributed by atoms with Crippen LogP contribution in [0.3, 0.4) is 0 Å². The monoisotopic (exact) mass is 343 g/mol. The number of rotatable bonds is 7. The highest BCUT2D eigenvalue weighted by Gasteiger charge is 2.23. The van der Waals surface area contributed by atoms with Crippen molar-refractivity contribution in [2.45, 2.75) is 0 Å². The zero-order chi connectivity index (χ0) is 18.8. The normalized spacial score (nSPS) is 12.0. The summed E-state index contributed by atoms with van der Waals surface area (Å²) in [5, 5.41) is 0. The lowest BCUT2D eigenvalue weighted by Crippen LogP contribution is -2.18. The van der Waals surface area contributed by atoms with E-state index in [1.807, 2.05) is 30.3 Å². The van der Waals surface area contributed by atoms with Gasteiger partial charge in [-0.05, 0) is 11.6 Å². The maximum atomic E-state index is 12.2. The molecule has 0 unspecified atom stereocenters. The Morgan fingerprint density at radius 3 is 2.00 bits per heavy atom. The first-order chi connectivity index (χ1) is 11.9. The van der Waals surface area contributed by atoms with E-state index in [0.29, 0.717) is 0 Å². The molecule has 0 amide bonds. The first-order valence-electron chi connectivity index (χ1n) is 7.43. The van der Waals surface area contributed by atoms with Gasteiger partial charge in [0.15, 0.2) is 5.78 Å². The molecule has 0 fully saturated rings. The number of carbonyl (C=O) groups excluding carboxylic acids is 3. The molecule has 0 aliphatic heterocycles.